The minimum Gasteiger partial charge on any atom is -0.290 e. The van der Waals surface area contributed by atoms with Crippen molar-refractivity contribution in [2.45, 2.75) is 26.8 Å². The van der Waals surface area contributed by atoms with Gasteiger partial charge in [-0.2, -0.15) is 0 Å². The molecule has 0 amide bonds. The van der Waals surface area contributed by atoms with Crippen molar-refractivity contribution in [2.24, 2.45) is 10.9 Å². The molecular weight excluding hydrogens is 86.1 g/mol. The number of aliphatic imine (C=N–C) groups is 1. The third-order valence-electron chi connectivity index (χ3n) is 1.79. The summed E-state index contributed by atoms with van der Waals surface area (Å²) in [6.07, 6.45) is 0. The highest BCUT2D eigenvalue weighted by molar-refractivity contribution is 5.89. The highest BCUT2D eigenvalue weighted by atomic mass is 14.9. The van der Waals surface area contributed by atoms with Crippen LogP contribution in [0.25, 0.3) is 0 Å². The summed E-state index contributed by atoms with van der Waals surface area (Å²) in [6.45, 7) is 6.45. The van der Waals surface area contributed by atoms with Gasteiger partial charge in [-0.1, -0.05) is 6.92 Å². The van der Waals surface area contributed by atoms with Crippen LogP contribution in [-0.2, 0) is 0 Å². The Bertz CT molecular complexity index is 105. The quantitative estimate of drug-likeness (QED) is 0.434. The molecule has 1 heterocycles. The molecule has 0 aliphatic carbocycles. The Hall–Kier alpha value is -0.330. The maximum atomic E-state index is 4.22. The summed E-state index contributed by atoms with van der Waals surface area (Å²) in [7, 11) is 0. The molecular formula is C6H11N. The van der Waals surface area contributed by atoms with E-state index in [1.165, 1.54) is 5.71 Å². The lowest BCUT2D eigenvalue weighted by Crippen LogP contribution is -2.30. The zero-order chi connectivity index (χ0) is 5.44. The third kappa shape index (κ3) is 0.561. The Kier molecular flexibility index (Phi) is 0.911. The van der Waals surface area contributed by atoms with Gasteiger partial charge in [0.2, 0.25) is 0 Å². The maximum Gasteiger partial charge on any atom is 0.0548 e. The minimum atomic E-state index is 0.597. The van der Waals surface area contributed by atoms with Gasteiger partial charge < -0.3 is 0 Å². The fourth-order valence-electron chi connectivity index (χ4n) is 0.818. The van der Waals surface area contributed by atoms with Gasteiger partial charge >= 0.3 is 0 Å². The van der Waals surface area contributed by atoms with E-state index in [0.29, 0.717) is 6.04 Å². The average molecular weight is 97.2 g/mol. The Morgan fingerprint density at radius 2 is 2.00 bits per heavy atom. The first-order valence-corrected chi connectivity index (χ1v) is 2.76. The van der Waals surface area contributed by atoms with Gasteiger partial charge in [0, 0.05) is 11.6 Å². The molecule has 0 saturated heterocycles. The van der Waals surface area contributed by atoms with Crippen LogP contribution in [0.4, 0.5) is 0 Å². The molecule has 1 nitrogen and oxygen atoms in total. The summed E-state index contributed by atoms with van der Waals surface area (Å²) >= 11 is 0. The zero-order valence-electron chi connectivity index (χ0n) is 5.10. The van der Waals surface area contributed by atoms with E-state index in [1.807, 2.05) is 0 Å². The van der Waals surface area contributed by atoms with Crippen molar-refractivity contribution < 1.29 is 0 Å². The molecule has 1 aliphatic heterocycles. The molecule has 0 aromatic rings. The van der Waals surface area contributed by atoms with Crippen molar-refractivity contribution >= 4 is 5.71 Å². The Morgan fingerprint density at radius 3 is 2.00 bits per heavy atom. The molecule has 0 bridgehead atoms. The van der Waals surface area contributed by atoms with Crippen LogP contribution in [0.2, 0.25) is 0 Å². The summed E-state index contributed by atoms with van der Waals surface area (Å²) in [5, 5.41) is 0. The molecule has 7 heavy (non-hydrogen) atoms. The predicted octanol–water partition coefficient (Wildman–Crippen LogP) is 1.49. The second-order valence-corrected chi connectivity index (χ2v) is 2.30. The third-order valence-corrected chi connectivity index (χ3v) is 1.79. The van der Waals surface area contributed by atoms with Gasteiger partial charge in [0.15, 0.2) is 0 Å². The van der Waals surface area contributed by atoms with E-state index in [4.69, 9.17) is 0 Å². The van der Waals surface area contributed by atoms with Gasteiger partial charge in [-0.25, -0.2) is 0 Å². The molecule has 0 aromatic carbocycles. The normalized spacial score (nSPS) is 39.6. The van der Waals surface area contributed by atoms with Gasteiger partial charge in [0.25, 0.3) is 0 Å². The minimum absolute atomic E-state index is 0.597. The number of hydrogen-bond donors (Lipinski definition) is 0. The first-order valence-electron chi connectivity index (χ1n) is 2.76. The Morgan fingerprint density at radius 1 is 1.43 bits per heavy atom. The smallest absolute Gasteiger partial charge is 0.0548 e. The van der Waals surface area contributed by atoms with Crippen LogP contribution >= 0.6 is 0 Å². The van der Waals surface area contributed by atoms with Crippen molar-refractivity contribution in [3.05, 3.63) is 0 Å². The van der Waals surface area contributed by atoms with Gasteiger partial charge in [0.05, 0.1) is 6.04 Å². The Labute approximate surface area is 44.5 Å². The van der Waals surface area contributed by atoms with Crippen molar-refractivity contribution in [3.8, 4) is 0 Å². The van der Waals surface area contributed by atoms with Gasteiger partial charge in [-0.05, 0) is 13.8 Å². The molecule has 0 N–H and O–H groups in total. The summed E-state index contributed by atoms with van der Waals surface area (Å²) < 4.78 is 0. The lowest BCUT2D eigenvalue weighted by atomic mass is 9.93. The van der Waals surface area contributed by atoms with E-state index in [2.05, 4.69) is 25.8 Å². The van der Waals surface area contributed by atoms with Crippen LogP contribution < -0.4 is 0 Å². The first-order chi connectivity index (χ1) is 3.22. The van der Waals surface area contributed by atoms with E-state index >= 15 is 0 Å². The van der Waals surface area contributed by atoms with E-state index in [1.54, 1.807) is 0 Å². The van der Waals surface area contributed by atoms with Gasteiger partial charge in [-0.15, -0.1) is 0 Å². The highest BCUT2D eigenvalue weighted by Gasteiger charge is 2.21. The van der Waals surface area contributed by atoms with Crippen molar-refractivity contribution in [1.29, 1.82) is 0 Å². The average Bonchev–Trinajstić information content (AvgIpc) is 1.68. The van der Waals surface area contributed by atoms with Gasteiger partial charge in [-0.3, -0.25) is 4.99 Å². The van der Waals surface area contributed by atoms with Crippen LogP contribution in [0.3, 0.4) is 0 Å². The van der Waals surface area contributed by atoms with Crippen LogP contribution in [0, 0.1) is 5.92 Å². The molecule has 1 heteroatoms. The number of rotatable bonds is 0. The van der Waals surface area contributed by atoms with Crippen molar-refractivity contribution in [1.82, 2.24) is 0 Å². The maximum absolute atomic E-state index is 4.22. The van der Waals surface area contributed by atoms with E-state index in [-0.39, 0.29) is 0 Å². The summed E-state index contributed by atoms with van der Waals surface area (Å²) in [6, 6.07) is 0.597. The molecule has 0 fully saturated rings. The fourth-order valence-corrected chi connectivity index (χ4v) is 0.818. The zero-order valence-corrected chi connectivity index (χ0v) is 5.10. The SMILES string of the molecule is CC1=NC(C)C1C. The summed E-state index contributed by atoms with van der Waals surface area (Å²) in [5.74, 6) is 0.750. The summed E-state index contributed by atoms with van der Waals surface area (Å²) in [4.78, 5) is 4.22. The second-order valence-electron chi connectivity index (χ2n) is 2.30. The molecule has 1 aliphatic rings. The molecule has 40 valence electrons. The molecule has 0 saturated carbocycles. The van der Waals surface area contributed by atoms with Crippen LogP contribution in [-0.4, -0.2) is 11.8 Å². The lowest BCUT2D eigenvalue weighted by Gasteiger charge is -2.26. The molecule has 1 rings (SSSR count). The van der Waals surface area contributed by atoms with Crippen molar-refractivity contribution in [3.63, 3.8) is 0 Å². The van der Waals surface area contributed by atoms with Crippen molar-refractivity contribution in [2.75, 3.05) is 0 Å². The Balaban J connectivity index is 2.57. The number of nitrogens with zero attached hydrogens (tertiary/aromatic N) is 1. The second kappa shape index (κ2) is 1.32. The summed E-state index contributed by atoms with van der Waals surface area (Å²) in [5.41, 5.74) is 1.31. The molecule has 2 unspecified atom stereocenters. The predicted molar refractivity (Wildman–Crippen MR) is 31.7 cm³/mol. The van der Waals surface area contributed by atoms with Gasteiger partial charge in [0.1, 0.15) is 0 Å². The van der Waals surface area contributed by atoms with E-state index < -0.39 is 0 Å². The molecule has 0 aromatic heterocycles. The molecule has 0 spiro atoms. The topological polar surface area (TPSA) is 12.4 Å². The molecule has 2 atom stereocenters. The first kappa shape index (κ1) is 4.82. The van der Waals surface area contributed by atoms with E-state index in [9.17, 15) is 0 Å². The largest absolute Gasteiger partial charge is 0.290 e. The molecule has 0 radical (unpaired) electrons. The fraction of sp³-hybridized carbons (Fsp3) is 0.833. The monoisotopic (exact) mass is 97.1 g/mol. The number of hydrogen-bond acceptors (Lipinski definition) is 1. The van der Waals surface area contributed by atoms with E-state index in [0.717, 1.165) is 5.92 Å². The van der Waals surface area contributed by atoms with Crippen LogP contribution in [0.5, 0.6) is 0 Å². The van der Waals surface area contributed by atoms with Crippen LogP contribution in [0.15, 0.2) is 4.99 Å². The standard InChI is InChI=1S/C6H11N/c1-4-5(2)7-6(4)3/h4-5H,1-3H3. The van der Waals surface area contributed by atoms with Crippen LogP contribution in [0.1, 0.15) is 20.8 Å². The highest BCUT2D eigenvalue weighted by Crippen LogP contribution is 2.18. The lowest BCUT2D eigenvalue weighted by molar-refractivity contribution is 0.549.